The second kappa shape index (κ2) is 6.96. The van der Waals surface area contributed by atoms with Gasteiger partial charge in [-0.15, -0.1) is 0 Å². The fourth-order valence-corrected chi connectivity index (χ4v) is 5.48. The molecule has 0 aliphatic carbocycles. The van der Waals surface area contributed by atoms with Crippen LogP contribution >= 0.6 is 11.8 Å². The van der Waals surface area contributed by atoms with Crippen molar-refractivity contribution < 1.29 is 4.79 Å². The molecule has 31 heavy (non-hydrogen) atoms. The lowest BCUT2D eigenvalue weighted by molar-refractivity contribution is -0.121. The molecule has 0 saturated carbocycles. The van der Waals surface area contributed by atoms with Crippen molar-refractivity contribution in [1.29, 1.82) is 0 Å². The van der Waals surface area contributed by atoms with Gasteiger partial charge in [0.2, 0.25) is 4.87 Å². The first-order valence-corrected chi connectivity index (χ1v) is 10.9. The van der Waals surface area contributed by atoms with E-state index in [-0.39, 0.29) is 5.91 Å². The molecule has 1 aromatic heterocycles. The highest BCUT2D eigenvalue weighted by atomic mass is 32.2. The average Bonchev–Trinajstić information content (AvgIpc) is 3.37. The lowest BCUT2D eigenvalue weighted by Crippen LogP contribution is -2.44. The molecule has 1 unspecified atom stereocenters. The first-order chi connectivity index (χ1) is 15.3. The summed E-state index contributed by atoms with van der Waals surface area (Å²) in [6, 6.07) is 28.0. The molecule has 150 valence electrons. The molecule has 1 atom stereocenters. The van der Waals surface area contributed by atoms with Crippen molar-refractivity contribution >= 4 is 39.3 Å². The van der Waals surface area contributed by atoms with Crippen molar-refractivity contribution in [3.8, 4) is 0 Å². The lowest BCUT2D eigenvalue weighted by Gasteiger charge is -2.23. The molecule has 0 saturated heterocycles. The number of para-hydroxylation sites is 2. The predicted octanol–water partition coefficient (Wildman–Crippen LogP) is 4.63. The number of benzene rings is 3. The Morgan fingerprint density at radius 1 is 0.903 bits per heavy atom. The fourth-order valence-electron chi connectivity index (χ4n) is 4.27. The Balaban J connectivity index is 1.40. The van der Waals surface area contributed by atoms with Crippen LogP contribution < -0.4 is 10.3 Å². The molecule has 1 amide bonds. The number of amides is 1. The van der Waals surface area contributed by atoms with E-state index in [1.54, 1.807) is 6.20 Å². The Hall–Kier alpha value is -3.64. The third kappa shape index (κ3) is 2.75. The number of rotatable bonds is 3. The molecule has 2 aliphatic rings. The topological polar surface area (TPSA) is 57.6 Å². The highest BCUT2D eigenvalue weighted by molar-refractivity contribution is 8.16. The van der Waals surface area contributed by atoms with E-state index in [0.29, 0.717) is 6.54 Å². The van der Waals surface area contributed by atoms with Crippen LogP contribution in [0.5, 0.6) is 0 Å². The van der Waals surface area contributed by atoms with Gasteiger partial charge in [-0.1, -0.05) is 84.6 Å². The molecule has 6 heteroatoms. The number of nitrogens with zero attached hydrogens (tertiary/aromatic N) is 3. The molecule has 0 radical (unpaired) electrons. The summed E-state index contributed by atoms with van der Waals surface area (Å²) in [5.41, 5.74) is 7.97. The number of nitrogens with one attached hydrogen (secondary N) is 1. The zero-order valence-corrected chi connectivity index (χ0v) is 17.3. The van der Waals surface area contributed by atoms with Crippen LogP contribution in [0, 0.1) is 0 Å². The smallest absolute Gasteiger partial charge is 0.270 e. The quantitative estimate of drug-likeness (QED) is 0.523. The van der Waals surface area contributed by atoms with E-state index in [0.717, 1.165) is 38.3 Å². The van der Waals surface area contributed by atoms with Gasteiger partial charge in [0.1, 0.15) is 5.04 Å². The third-order valence-electron chi connectivity index (χ3n) is 5.75. The summed E-state index contributed by atoms with van der Waals surface area (Å²) in [6.07, 6.45) is 1.79. The Kier molecular flexibility index (Phi) is 4.07. The van der Waals surface area contributed by atoms with Gasteiger partial charge in [0.15, 0.2) is 0 Å². The monoisotopic (exact) mass is 422 g/mol. The van der Waals surface area contributed by atoms with E-state index < -0.39 is 4.87 Å². The van der Waals surface area contributed by atoms with Crippen LogP contribution in [0.1, 0.15) is 16.7 Å². The predicted molar refractivity (Wildman–Crippen MR) is 125 cm³/mol. The molecule has 2 aliphatic heterocycles. The Morgan fingerprint density at radius 3 is 2.61 bits per heavy atom. The molecule has 1 N–H and O–H groups in total. The van der Waals surface area contributed by atoms with Crippen molar-refractivity contribution in [2.45, 2.75) is 11.4 Å². The van der Waals surface area contributed by atoms with Crippen molar-refractivity contribution in [2.24, 2.45) is 5.10 Å². The molecule has 4 aromatic rings. The fraction of sp³-hybridized carbons (Fsp3) is 0.0800. The van der Waals surface area contributed by atoms with Crippen LogP contribution in [0.15, 0.2) is 96.2 Å². The summed E-state index contributed by atoms with van der Waals surface area (Å²) in [6.45, 7) is 0.453. The van der Waals surface area contributed by atoms with Gasteiger partial charge in [0.25, 0.3) is 5.91 Å². The number of anilines is 1. The van der Waals surface area contributed by atoms with Gasteiger partial charge in [-0.25, -0.2) is 0 Å². The zero-order chi connectivity index (χ0) is 20.8. The van der Waals surface area contributed by atoms with Crippen LogP contribution in [0.2, 0.25) is 0 Å². The van der Waals surface area contributed by atoms with Gasteiger partial charge in [0.05, 0.1) is 17.7 Å². The summed E-state index contributed by atoms with van der Waals surface area (Å²) < 4.78 is 0. The number of hydrogen-bond donors (Lipinski definition) is 1. The van der Waals surface area contributed by atoms with E-state index in [4.69, 9.17) is 0 Å². The molecule has 0 bridgehead atoms. The average molecular weight is 423 g/mol. The van der Waals surface area contributed by atoms with Crippen LogP contribution in [0.4, 0.5) is 5.69 Å². The highest BCUT2D eigenvalue weighted by Gasteiger charge is 2.55. The second-order valence-corrected chi connectivity index (χ2v) is 8.78. The number of thioether (sulfide) groups is 1. The summed E-state index contributed by atoms with van der Waals surface area (Å²) in [5, 5.41) is 6.44. The molecule has 3 aromatic carbocycles. The number of carbonyl (C=O) groups is 1. The maximum atomic E-state index is 13.9. The van der Waals surface area contributed by atoms with E-state index in [1.807, 2.05) is 89.8 Å². The second-order valence-electron chi connectivity index (χ2n) is 7.58. The molecular weight excluding hydrogens is 404 g/mol. The SMILES string of the molecule is O=C1N(Cc2cccc3cccnc23)c2ccccc2C12NN=C(c1ccccc1)S2. The van der Waals surface area contributed by atoms with Crippen LogP contribution in [-0.2, 0) is 16.2 Å². The van der Waals surface area contributed by atoms with Crippen LogP contribution in [-0.4, -0.2) is 15.9 Å². The molecule has 0 fully saturated rings. The molecule has 6 rings (SSSR count). The summed E-state index contributed by atoms with van der Waals surface area (Å²) >= 11 is 1.47. The number of pyridine rings is 1. The minimum absolute atomic E-state index is 0.0127. The number of aromatic nitrogens is 1. The standard InChI is InChI=1S/C25H18N4OS/c30-24-25(28-27-23(31-25)18-8-2-1-3-9-18)20-13-4-5-14-21(20)29(24)16-19-11-6-10-17-12-7-15-26-22(17)19/h1-15,28H,16H2. The van der Waals surface area contributed by atoms with Gasteiger partial charge in [0, 0.05) is 22.7 Å². The van der Waals surface area contributed by atoms with Crippen molar-refractivity contribution in [2.75, 3.05) is 4.90 Å². The highest BCUT2D eigenvalue weighted by Crippen LogP contribution is 2.51. The third-order valence-corrected chi connectivity index (χ3v) is 7.06. The first-order valence-electron chi connectivity index (χ1n) is 10.1. The zero-order valence-electron chi connectivity index (χ0n) is 16.5. The number of hydrogen-bond acceptors (Lipinski definition) is 5. The normalized spacial score (nSPS) is 19.5. The van der Waals surface area contributed by atoms with Crippen molar-refractivity contribution in [3.05, 3.63) is 108 Å². The summed E-state index contributed by atoms with van der Waals surface area (Å²) in [5.74, 6) is -0.0127. The minimum atomic E-state index is -0.945. The largest absolute Gasteiger partial charge is 0.304 e. The van der Waals surface area contributed by atoms with Gasteiger partial charge in [-0.3, -0.25) is 15.2 Å². The van der Waals surface area contributed by atoms with Crippen molar-refractivity contribution in [1.82, 2.24) is 10.4 Å². The lowest BCUT2D eigenvalue weighted by atomic mass is 10.1. The van der Waals surface area contributed by atoms with Crippen LogP contribution in [0.25, 0.3) is 10.9 Å². The number of carbonyl (C=O) groups excluding carboxylic acids is 1. The maximum Gasteiger partial charge on any atom is 0.270 e. The summed E-state index contributed by atoms with van der Waals surface area (Å²) in [4.78, 5) is 19.3. The maximum absolute atomic E-state index is 13.9. The van der Waals surface area contributed by atoms with E-state index in [9.17, 15) is 4.79 Å². The Morgan fingerprint density at radius 2 is 1.71 bits per heavy atom. The molecular formula is C25H18N4OS. The van der Waals surface area contributed by atoms with Crippen molar-refractivity contribution in [3.63, 3.8) is 0 Å². The molecule has 1 spiro atoms. The number of hydrazone groups is 1. The first kappa shape index (κ1) is 18.2. The van der Waals surface area contributed by atoms with Gasteiger partial charge < -0.3 is 4.90 Å². The van der Waals surface area contributed by atoms with Gasteiger partial charge >= 0.3 is 0 Å². The molecule has 3 heterocycles. The minimum Gasteiger partial charge on any atom is -0.304 e. The van der Waals surface area contributed by atoms with Gasteiger partial charge in [-0.05, 0) is 17.7 Å². The summed E-state index contributed by atoms with van der Waals surface area (Å²) in [7, 11) is 0. The molecule has 5 nitrogen and oxygen atoms in total. The van der Waals surface area contributed by atoms with Gasteiger partial charge in [-0.2, -0.15) is 5.10 Å². The number of fused-ring (bicyclic) bond motifs is 3. The Bertz CT molecular complexity index is 1350. The van der Waals surface area contributed by atoms with E-state index in [1.165, 1.54) is 11.8 Å². The van der Waals surface area contributed by atoms with Crippen LogP contribution in [0.3, 0.4) is 0 Å². The van der Waals surface area contributed by atoms with E-state index in [2.05, 4.69) is 15.5 Å². The Labute approximate surface area is 183 Å². The van der Waals surface area contributed by atoms with E-state index >= 15 is 0 Å².